The standard InChI is InChI=1S/C20H16N2O2S3/c1-15-2-12-20(13-3-15)27(23,24)22-17-6-10-19(11-7-17)26-18-8-4-16(5-9-18)21-14-25/h2-13,22H,1H3. The zero-order valence-corrected chi connectivity index (χ0v) is 16.9. The van der Waals surface area contributed by atoms with Crippen molar-refractivity contribution in [1.82, 2.24) is 0 Å². The molecular weight excluding hydrogens is 396 g/mol. The van der Waals surface area contributed by atoms with Gasteiger partial charge in [-0.05, 0) is 79.8 Å². The fourth-order valence-electron chi connectivity index (χ4n) is 2.30. The zero-order chi connectivity index (χ0) is 19.3. The Kier molecular flexibility index (Phi) is 6.08. The van der Waals surface area contributed by atoms with Crippen LogP contribution in [0.3, 0.4) is 0 Å². The lowest BCUT2D eigenvalue weighted by Crippen LogP contribution is -2.12. The van der Waals surface area contributed by atoms with E-state index < -0.39 is 10.0 Å². The molecule has 1 N–H and O–H groups in total. The van der Waals surface area contributed by atoms with Gasteiger partial charge in [0.1, 0.15) is 0 Å². The molecule has 0 radical (unpaired) electrons. The second-order valence-electron chi connectivity index (χ2n) is 5.74. The van der Waals surface area contributed by atoms with E-state index in [9.17, 15) is 8.42 Å². The summed E-state index contributed by atoms with van der Waals surface area (Å²) in [6.45, 7) is 1.92. The van der Waals surface area contributed by atoms with Gasteiger partial charge in [0.05, 0.1) is 15.7 Å². The summed E-state index contributed by atoms with van der Waals surface area (Å²) < 4.78 is 27.5. The van der Waals surface area contributed by atoms with Crippen LogP contribution >= 0.6 is 24.0 Å². The van der Waals surface area contributed by atoms with Crippen LogP contribution in [0.5, 0.6) is 0 Å². The number of benzene rings is 3. The van der Waals surface area contributed by atoms with Crippen LogP contribution in [-0.2, 0) is 10.0 Å². The number of aryl methyl sites for hydroxylation is 1. The molecule has 0 unspecified atom stereocenters. The Morgan fingerprint density at radius 2 is 1.44 bits per heavy atom. The summed E-state index contributed by atoms with van der Waals surface area (Å²) in [5.74, 6) is 0. The molecule has 0 fully saturated rings. The van der Waals surface area contributed by atoms with E-state index in [4.69, 9.17) is 0 Å². The molecule has 7 heteroatoms. The summed E-state index contributed by atoms with van der Waals surface area (Å²) in [5, 5.41) is 2.34. The molecule has 0 atom stereocenters. The molecule has 0 saturated carbocycles. The van der Waals surface area contributed by atoms with Gasteiger partial charge in [0.25, 0.3) is 10.0 Å². The quantitative estimate of drug-likeness (QED) is 0.418. The fraction of sp³-hybridized carbons (Fsp3) is 0.0500. The predicted octanol–water partition coefficient (Wildman–Crippen LogP) is 5.68. The summed E-state index contributed by atoms with van der Waals surface area (Å²) in [5.41, 5.74) is 2.29. The third kappa shape index (κ3) is 5.28. The molecule has 0 heterocycles. The highest BCUT2D eigenvalue weighted by Gasteiger charge is 2.13. The SMILES string of the molecule is Cc1ccc(S(=O)(=O)Nc2ccc(Sc3ccc(N=C=S)cc3)cc2)cc1. The van der Waals surface area contributed by atoms with Crippen LogP contribution in [0, 0.1) is 6.92 Å². The Hall–Kier alpha value is -2.44. The smallest absolute Gasteiger partial charge is 0.261 e. The Bertz CT molecular complexity index is 1070. The van der Waals surface area contributed by atoms with Crippen molar-refractivity contribution in [3.63, 3.8) is 0 Å². The van der Waals surface area contributed by atoms with Gasteiger partial charge in [0.15, 0.2) is 0 Å². The van der Waals surface area contributed by atoms with Gasteiger partial charge in [-0.15, -0.1) is 0 Å². The van der Waals surface area contributed by atoms with Crippen LogP contribution in [0.15, 0.2) is 92.5 Å². The van der Waals surface area contributed by atoms with E-state index in [-0.39, 0.29) is 4.90 Å². The average molecular weight is 413 g/mol. The molecule has 0 aliphatic heterocycles. The number of aliphatic imine (C=N–C) groups is 1. The van der Waals surface area contributed by atoms with Crippen molar-refractivity contribution in [3.8, 4) is 0 Å². The molecule has 136 valence electrons. The second kappa shape index (κ2) is 8.50. The van der Waals surface area contributed by atoms with E-state index in [1.807, 2.05) is 43.3 Å². The highest BCUT2D eigenvalue weighted by atomic mass is 32.2. The lowest BCUT2D eigenvalue weighted by Gasteiger charge is -2.09. The number of nitrogens with one attached hydrogen (secondary N) is 1. The van der Waals surface area contributed by atoms with Gasteiger partial charge in [0.2, 0.25) is 0 Å². The number of hydrogen-bond acceptors (Lipinski definition) is 5. The molecule has 0 saturated heterocycles. The number of sulfonamides is 1. The van der Waals surface area contributed by atoms with Crippen molar-refractivity contribution in [1.29, 1.82) is 0 Å². The fourth-order valence-corrected chi connectivity index (χ4v) is 4.28. The molecule has 0 amide bonds. The van der Waals surface area contributed by atoms with Crippen LogP contribution in [0.2, 0.25) is 0 Å². The van der Waals surface area contributed by atoms with Gasteiger partial charge >= 0.3 is 0 Å². The minimum atomic E-state index is -3.59. The van der Waals surface area contributed by atoms with Gasteiger partial charge in [-0.1, -0.05) is 29.5 Å². The molecule has 0 bridgehead atoms. The van der Waals surface area contributed by atoms with E-state index in [0.717, 1.165) is 21.0 Å². The van der Waals surface area contributed by atoms with Gasteiger partial charge in [-0.3, -0.25) is 4.72 Å². The number of rotatable bonds is 6. The first-order valence-corrected chi connectivity index (χ1v) is 10.7. The van der Waals surface area contributed by atoms with Crippen molar-refractivity contribution in [3.05, 3.63) is 78.4 Å². The number of hydrogen-bond donors (Lipinski definition) is 1. The largest absolute Gasteiger partial charge is 0.280 e. The molecule has 3 rings (SSSR count). The van der Waals surface area contributed by atoms with E-state index in [1.165, 1.54) is 0 Å². The summed E-state index contributed by atoms with van der Waals surface area (Å²) in [4.78, 5) is 6.21. The van der Waals surface area contributed by atoms with E-state index in [2.05, 4.69) is 27.1 Å². The Morgan fingerprint density at radius 1 is 0.889 bits per heavy atom. The Balaban J connectivity index is 1.69. The molecule has 3 aromatic carbocycles. The topological polar surface area (TPSA) is 58.5 Å². The van der Waals surface area contributed by atoms with Crippen LogP contribution in [0.4, 0.5) is 11.4 Å². The first-order valence-electron chi connectivity index (χ1n) is 8.02. The maximum Gasteiger partial charge on any atom is 0.261 e. The first-order chi connectivity index (χ1) is 13.0. The number of thiocarbonyl (C=S) groups is 1. The Morgan fingerprint density at radius 3 is 2.00 bits per heavy atom. The van der Waals surface area contributed by atoms with E-state index in [1.54, 1.807) is 48.2 Å². The van der Waals surface area contributed by atoms with E-state index >= 15 is 0 Å². The van der Waals surface area contributed by atoms with E-state index in [0.29, 0.717) is 5.69 Å². The molecule has 4 nitrogen and oxygen atoms in total. The van der Waals surface area contributed by atoms with Crippen LogP contribution in [-0.4, -0.2) is 13.6 Å². The van der Waals surface area contributed by atoms with Crippen molar-refractivity contribution < 1.29 is 8.42 Å². The molecule has 27 heavy (non-hydrogen) atoms. The summed E-state index contributed by atoms with van der Waals surface area (Å²) >= 11 is 6.16. The van der Waals surface area contributed by atoms with Crippen molar-refractivity contribution in [2.45, 2.75) is 21.6 Å². The van der Waals surface area contributed by atoms with Crippen molar-refractivity contribution in [2.75, 3.05) is 4.72 Å². The van der Waals surface area contributed by atoms with Gasteiger partial charge in [-0.2, -0.15) is 4.99 Å². The molecule has 0 aliphatic carbocycles. The monoisotopic (exact) mass is 412 g/mol. The Labute approximate surface area is 168 Å². The second-order valence-corrected chi connectivity index (χ2v) is 8.75. The minimum Gasteiger partial charge on any atom is -0.280 e. The first kappa shape index (κ1) is 19.3. The number of isothiocyanates is 1. The van der Waals surface area contributed by atoms with Crippen molar-refractivity contribution >= 4 is 50.5 Å². The molecular formula is C20H16N2O2S3. The van der Waals surface area contributed by atoms with Crippen LogP contribution in [0.1, 0.15) is 5.56 Å². The van der Waals surface area contributed by atoms with Gasteiger partial charge in [-0.25, -0.2) is 8.42 Å². The zero-order valence-electron chi connectivity index (χ0n) is 14.4. The molecule has 0 aromatic heterocycles. The van der Waals surface area contributed by atoms with Crippen LogP contribution < -0.4 is 4.72 Å². The molecule has 0 spiro atoms. The highest BCUT2D eigenvalue weighted by Crippen LogP contribution is 2.30. The number of anilines is 1. The predicted molar refractivity (Wildman–Crippen MR) is 114 cm³/mol. The molecule has 0 aliphatic rings. The summed E-state index contributed by atoms with van der Waals surface area (Å²) in [7, 11) is -3.59. The third-order valence-electron chi connectivity index (χ3n) is 3.68. The summed E-state index contributed by atoms with van der Waals surface area (Å²) in [6, 6.07) is 21.6. The van der Waals surface area contributed by atoms with Crippen molar-refractivity contribution in [2.24, 2.45) is 4.99 Å². The minimum absolute atomic E-state index is 0.241. The third-order valence-corrected chi connectivity index (χ3v) is 6.19. The number of nitrogens with zero attached hydrogens (tertiary/aromatic N) is 1. The molecule has 3 aromatic rings. The highest BCUT2D eigenvalue weighted by molar-refractivity contribution is 7.99. The maximum absolute atomic E-state index is 12.4. The van der Waals surface area contributed by atoms with Crippen LogP contribution in [0.25, 0.3) is 0 Å². The van der Waals surface area contributed by atoms with Gasteiger partial charge in [0, 0.05) is 15.5 Å². The summed E-state index contributed by atoms with van der Waals surface area (Å²) in [6.07, 6.45) is 0. The average Bonchev–Trinajstić information content (AvgIpc) is 2.65. The maximum atomic E-state index is 12.4. The normalized spacial score (nSPS) is 10.9. The lowest BCUT2D eigenvalue weighted by atomic mass is 10.2. The lowest BCUT2D eigenvalue weighted by molar-refractivity contribution is 0.601. The van der Waals surface area contributed by atoms with Gasteiger partial charge < -0.3 is 0 Å².